The molecule has 0 radical (unpaired) electrons. The van der Waals surface area contributed by atoms with E-state index in [4.69, 9.17) is 4.52 Å². The van der Waals surface area contributed by atoms with Crippen LogP contribution in [0.25, 0.3) is 0 Å². The molecule has 4 nitrogen and oxygen atoms in total. The molecule has 1 unspecified atom stereocenters. The largest absolute Gasteiger partial charge is 0.394 e. The molecule has 0 amide bonds. The van der Waals surface area contributed by atoms with E-state index in [2.05, 4.69) is 17.4 Å². The van der Waals surface area contributed by atoms with Gasteiger partial charge in [0.1, 0.15) is 5.76 Å². The lowest BCUT2D eigenvalue weighted by atomic mass is 10.1. The lowest BCUT2D eigenvalue weighted by molar-refractivity contribution is 0.243. The van der Waals surface area contributed by atoms with E-state index in [1.807, 2.05) is 37.3 Å². The third kappa shape index (κ3) is 3.22. The average molecular weight is 260 g/mol. The quantitative estimate of drug-likeness (QED) is 0.837. The van der Waals surface area contributed by atoms with Crippen molar-refractivity contribution in [1.29, 1.82) is 0 Å². The topological polar surface area (TPSA) is 58.3 Å². The maximum atomic E-state index is 9.50. The smallest absolute Gasteiger partial charge is 0.138 e. The van der Waals surface area contributed by atoms with Crippen LogP contribution < -0.4 is 5.32 Å². The fourth-order valence-corrected chi connectivity index (χ4v) is 2.14. The van der Waals surface area contributed by atoms with Gasteiger partial charge in [-0.25, -0.2) is 0 Å². The number of aliphatic hydroxyl groups excluding tert-OH is 1. The van der Waals surface area contributed by atoms with Gasteiger partial charge in [0, 0.05) is 12.1 Å². The third-order valence-electron chi connectivity index (χ3n) is 3.31. The van der Waals surface area contributed by atoms with Gasteiger partial charge in [-0.2, -0.15) is 0 Å². The van der Waals surface area contributed by atoms with Crippen molar-refractivity contribution in [3.8, 4) is 0 Å². The molecule has 0 aliphatic carbocycles. The minimum absolute atomic E-state index is 0.0653. The van der Waals surface area contributed by atoms with E-state index < -0.39 is 0 Å². The number of nitrogens with one attached hydrogen (secondary N) is 1. The number of hydrogen-bond donors (Lipinski definition) is 2. The van der Waals surface area contributed by atoms with Crippen molar-refractivity contribution >= 4 is 0 Å². The molecular formula is C15H20N2O2. The summed E-state index contributed by atoms with van der Waals surface area (Å²) in [6.45, 7) is 4.69. The molecule has 0 saturated carbocycles. The van der Waals surface area contributed by atoms with Crippen LogP contribution >= 0.6 is 0 Å². The lowest BCUT2D eigenvalue weighted by Gasteiger charge is -2.16. The first-order chi connectivity index (χ1) is 9.26. The van der Waals surface area contributed by atoms with E-state index in [1.165, 1.54) is 0 Å². The molecule has 0 spiro atoms. The van der Waals surface area contributed by atoms with E-state index in [1.54, 1.807) is 0 Å². The van der Waals surface area contributed by atoms with Gasteiger partial charge in [0.15, 0.2) is 0 Å². The molecule has 1 aromatic heterocycles. The Labute approximate surface area is 113 Å². The monoisotopic (exact) mass is 260 g/mol. The Morgan fingerprint density at radius 2 is 2.05 bits per heavy atom. The number of aliphatic hydroxyl groups is 1. The van der Waals surface area contributed by atoms with Crippen LogP contribution in [0.4, 0.5) is 0 Å². The minimum atomic E-state index is -0.0693. The van der Waals surface area contributed by atoms with Gasteiger partial charge < -0.3 is 14.9 Å². The standard InChI is InChI=1S/C15H20N2O2/c1-3-14-13(11(2)19-17-14)9-16-15(10-18)12-7-5-4-6-8-12/h4-8,15-16,18H,3,9-10H2,1-2H3. The summed E-state index contributed by atoms with van der Waals surface area (Å²) in [6.07, 6.45) is 0.851. The Balaban J connectivity index is 2.06. The zero-order chi connectivity index (χ0) is 13.7. The second-order valence-electron chi connectivity index (χ2n) is 4.54. The molecule has 19 heavy (non-hydrogen) atoms. The van der Waals surface area contributed by atoms with E-state index in [-0.39, 0.29) is 12.6 Å². The number of hydrogen-bond acceptors (Lipinski definition) is 4. The number of nitrogens with zero attached hydrogens (tertiary/aromatic N) is 1. The maximum Gasteiger partial charge on any atom is 0.138 e. The molecule has 0 saturated heterocycles. The Hall–Kier alpha value is -1.65. The van der Waals surface area contributed by atoms with Crippen molar-refractivity contribution in [3.63, 3.8) is 0 Å². The molecule has 0 aliphatic heterocycles. The summed E-state index contributed by atoms with van der Waals surface area (Å²) in [5, 5.41) is 16.9. The molecule has 1 atom stereocenters. The average Bonchev–Trinajstić information content (AvgIpc) is 2.81. The maximum absolute atomic E-state index is 9.50. The Morgan fingerprint density at radius 3 is 2.68 bits per heavy atom. The van der Waals surface area contributed by atoms with Crippen LogP contribution in [0.1, 0.15) is 35.5 Å². The lowest BCUT2D eigenvalue weighted by Crippen LogP contribution is -2.24. The van der Waals surface area contributed by atoms with Gasteiger partial charge in [0.2, 0.25) is 0 Å². The molecule has 4 heteroatoms. The van der Waals surface area contributed by atoms with Crippen LogP contribution in [0, 0.1) is 6.92 Å². The Bertz CT molecular complexity index is 508. The van der Waals surface area contributed by atoms with Crippen molar-refractivity contribution in [1.82, 2.24) is 10.5 Å². The van der Waals surface area contributed by atoms with Crippen LogP contribution in [0.2, 0.25) is 0 Å². The van der Waals surface area contributed by atoms with Crippen molar-refractivity contribution < 1.29 is 9.63 Å². The summed E-state index contributed by atoms with van der Waals surface area (Å²) in [6, 6.07) is 9.87. The van der Waals surface area contributed by atoms with Gasteiger partial charge in [-0.05, 0) is 18.9 Å². The van der Waals surface area contributed by atoms with Crippen LogP contribution in [0.15, 0.2) is 34.9 Å². The zero-order valence-corrected chi connectivity index (χ0v) is 11.4. The molecule has 1 aromatic carbocycles. The summed E-state index contributed by atoms with van der Waals surface area (Å²) < 4.78 is 5.21. The van der Waals surface area contributed by atoms with Gasteiger partial charge >= 0.3 is 0 Å². The molecule has 2 N–H and O–H groups in total. The fourth-order valence-electron chi connectivity index (χ4n) is 2.14. The van der Waals surface area contributed by atoms with Gasteiger partial charge in [0.25, 0.3) is 0 Å². The van der Waals surface area contributed by atoms with Crippen molar-refractivity contribution in [2.24, 2.45) is 0 Å². The van der Waals surface area contributed by atoms with Gasteiger partial charge in [-0.3, -0.25) is 0 Å². The predicted molar refractivity (Wildman–Crippen MR) is 73.7 cm³/mol. The molecule has 0 aliphatic rings. The van der Waals surface area contributed by atoms with E-state index in [0.717, 1.165) is 29.0 Å². The highest BCUT2D eigenvalue weighted by Gasteiger charge is 2.14. The molecular weight excluding hydrogens is 240 g/mol. The molecule has 0 bridgehead atoms. The van der Waals surface area contributed by atoms with Gasteiger partial charge in [-0.1, -0.05) is 42.4 Å². The molecule has 1 heterocycles. The summed E-state index contributed by atoms with van der Waals surface area (Å²) in [7, 11) is 0. The van der Waals surface area contributed by atoms with E-state index >= 15 is 0 Å². The number of aryl methyl sites for hydroxylation is 2. The van der Waals surface area contributed by atoms with E-state index in [9.17, 15) is 5.11 Å². The Morgan fingerprint density at radius 1 is 1.32 bits per heavy atom. The van der Waals surface area contributed by atoms with Crippen molar-refractivity contribution in [3.05, 3.63) is 52.9 Å². The number of benzene rings is 1. The van der Waals surface area contributed by atoms with Crippen molar-refractivity contribution in [2.45, 2.75) is 32.9 Å². The highest BCUT2D eigenvalue weighted by molar-refractivity contribution is 5.23. The Kier molecular flexibility index (Phi) is 4.71. The highest BCUT2D eigenvalue weighted by atomic mass is 16.5. The zero-order valence-electron chi connectivity index (χ0n) is 11.4. The molecule has 2 aromatic rings. The number of aromatic nitrogens is 1. The molecule has 0 fully saturated rings. The van der Waals surface area contributed by atoms with Crippen LogP contribution in [0.3, 0.4) is 0 Å². The van der Waals surface area contributed by atoms with Crippen LogP contribution in [-0.4, -0.2) is 16.9 Å². The second kappa shape index (κ2) is 6.50. The summed E-state index contributed by atoms with van der Waals surface area (Å²) in [5.41, 5.74) is 3.16. The first-order valence-corrected chi connectivity index (χ1v) is 6.59. The summed E-state index contributed by atoms with van der Waals surface area (Å²) in [4.78, 5) is 0. The highest BCUT2D eigenvalue weighted by Crippen LogP contribution is 2.17. The third-order valence-corrected chi connectivity index (χ3v) is 3.31. The molecule has 2 rings (SSSR count). The summed E-state index contributed by atoms with van der Waals surface area (Å²) >= 11 is 0. The van der Waals surface area contributed by atoms with Gasteiger partial charge in [-0.15, -0.1) is 0 Å². The van der Waals surface area contributed by atoms with Crippen LogP contribution in [-0.2, 0) is 13.0 Å². The van der Waals surface area contributed by atoms with Crippen LogP contribution in [0.5, 0.6) is 0 Å². The minimum Gasteiger partial charge on any atom is -0.394 e. The SMILES string of the molecule is CCc1noc(C)c1CNC(CO)c1ccccc1. The first-order valence-electron chi connectivity index (χ1n) is 6.59. The second-order valence-corrected chi connectivity index (χ2v) is 4.54. The predicted octanol–water partition coefficient (Wildman–Crippen LogP) is 2.37. The van der Waals surface area contributed by atoms with Crippen molar-refractivity contribution in [2.75, 3.05) is 6.61 Å². The van der Waals surface area contributed by atoms with E-state index in [0.29, 0.717) is 6.54 Å². The summed E-state index contributed by atoms with van der Waals surface area (Å²) in [5.74, 6) is 0.842. The fraction of sp³-hybridized carbons (Fsp3) is 0.400. The van der Waals surface area contributed by atoms with Gasteiger partial charge in [0.05, 0.1) is 18.3 Å². The molecule has 102 valence electrons. The number of rotatable bonds is 6. The first kappa shape index (κ1) is 13.8. The normalized spacial score (nSPS) is 12.6.